The monoisotopic (exact) mass is 285 g/mol. The van der Waals surface area contributed by atoms with Crippen molar-refractivity contribution in [2.45, 2.75) is 0 Å². The molecule has 0 heterocycles. The smallest absolute Gasteiger partial charge is 0.334 e. The van der Waals surface area contributed by atoms with Crippen LogP contribution in [0.5, 0.6) is 11.5 Å². The van der Waals surface area contributed by atoms with Crippen LogP contribution in [0.15, 0.2) is 24.3 Å². The zero-order valence-corrected chi connectivity index (χ0v) is 10.9. The first-order valence-corrected chi connectivity index (χ1v) is 5.49. The summed E-state index contributed by atoms with van der Waals surface area (Å²) in [5, 5.41) is 11.4. The first-order valence-electron chi connectivity index (χ1n) is 5.11. The zero-order chi connectivity index (χ0) is 14.4. The van der Waals surface area contributed by atoms with E-state index >= 15 is 0 Å². The number of aliphatic carboxylic acids is 1. The molecule has 0 aliphatic heterocycles. The van der Waals surface area contributed by atoms with Crippen molar-refractivity contribution < 1.29 is 24.2 Å². The maximum absolute atomic E-state index is 10.6. The number of halogens is 1. The third-order valence-electron chi connectivity index (χ3n) is 2.17. The maximum atomic E-state index is 10.6. The fourth-order valence-corrected chi connectivity index (χ4v) is 1.44. The van der Waals surface area contributed by atoms with Crippen molar-refractivity contribution in [1.29, 1.82) is 0 Å². The highest BCUT2D eigenvalue weighted by Gasteiger charge is 2.12. The Labute approximate surface area is 114 Å². The van der Waals surface area contributed by atoms with Gasteiger partial charge in [0.2, 0.25) is 6.41 Å². The van der Waals surface area contributed by atoms with Gasteiger partial charge in [-0.25, -0.2) is 4.79 Å². The van der Waals surface area contributed by atoms with Crippen LogP contribution in [-0.2, 0) is 9.59 Å². The summed E-state index contributed by atoms with van der Waals surface area (Å²) in [5.74, 6) is -0.583. The van der Waals surface area contributed by atoms with Crippen molar-refractivity contribution in [3.05, 3.63) is 29.3 Å². The molecule has 1 rings (SSSR count). The van der Waals surface area contributed by atoms with Crippen molar-refractivity contribution in [1.82, 2.24) is 0 Å². The molecule has 0 radical (unpaired) electrons. The summed E-state index contributed by atoms with van der Waals surface area (Å²) < 4.78 is 10.2. The van der Waals surface area contributed by atoms with E-state index in [4.69, 9.17) is 26.2 Å². The molecule has 0 fully saturated rings. The minimum Gasteiger partial charge on any atom is -0.495 e. The van der Waals surface area contributed by atoms with Crippen molar-refractivity contribution in [2.75, 3.05) is 19.0 Å². The molecule has 0 aromatic heterocycles. The molecule has 0 unspecified atom stereocenters. The summed E-state index contributed by atoms with van der Waals surface area (Å²) in [6.07, 6.45) is 0.460. The van der Waals surface area contributed by atoms with E-state index in [9.17, 15) is 9.59 Å². The largest absolute Gasteiger partial charge is 0.495 e. The SMILES string of the molecule is C=C(COc1cc(Cl)c(OC)cc1NC=O)C(=O)O. The van der Waals surface area contributed by atoms with E-state index in [2.05, 4.69) is 11.9 Å². The van der Waals surface area contributed by atoms with Gasteiger partial charge in [-0.1, -0.05) is 18.2 Å². The molecule has 6 nitrogen and oxygen atoms in total. The van der Waals surface area contributed by atoms with E-state index in [1.54, 1.807) is 0 Å². The number of carbonyl (C=O) groups excluding carboxylic acids is 1. The first kappa shape index (κ1) is 14.8. The van der Waals surface area contributed by atoms with Gasteiger partial charge in [0.15, 0.2) is 0 Å². The number of anilines is 1. The van der Waals surface area contributed by atoms with Crippen LogP contribution in [0.25, 0.3) is 0 Å². The average Bonchev–Trinajstić information content (AvgIpc) is 2.38. The predicted molar refractivity (Wildman–Crippen MR) is 70.0 cm³/mol. The second kappa shape index (κ2) is 6.65. The molecule has 1 amide bonds. The molecule has 0 saturated heterocycles. The Hall–Kier alpha value is -2.21. The number of rotatable bonds is 7. The summed E-state index contributed by atoms with van der Waals surface area (Å²) in [4.78, 5) is 21.1. The van der Waals surface area contributed by atoms with Crippen LogP contribution in [-0.4, -0.2) is 31.2 Å². The number of carboxylic acid groups (broad SMARTS) is 1. The third kappa shape index (κ3) is 3.89. The van der Waals surface area contributed by atoms with Gasteiger partial charge in [-0.15, -0.1) is 0 Å². The van der Waals surface area contributed by atoms with Gasteiger partial charge in [-0.3, -0.25) is 4.79 Å². The van der Waals surface area contributed by atoms with E-state index in [-0.39, 0.29) is 23.0 Å². The molecule has 19 heavy (non-hydrogen) atoms. The Morgan fingerprint density at radius 2 is 2.21 bits per heavy atom. The van der Waals surface area contributed by atoms with Gasteiger partial charge in [-0.05, 0) is 0 Å². The van der Waals surface area contributed by atoms with E-state index in [1.807, 2.05) is 0 Å². The molecule has 0 aliphatic rings. The molecule has 0 spiro atoms. The lowest BCUT2D eigenvalue weighted by molar-refractivity contribution is -0.133. The molecule has 0 saturated carbocycles. The third-order valence-corrected chi connectivity index (χ3v) is 2.47. The standard InChI is InChI=1S/C12H12ClNO5/c1-7(12(16)17)5-19-11-3-8(13)10(18-2)4-9(11)14-6-15/h3-4,6H,1,5H2,2H3,(H,14,15)(H,16,17). The number of carbonyl (C=O) groups is 2. The minimum atomic E-state index is -1.16. The number of amides is 1. The lowest BCUT2D eigenvalue weighted by atomic mass is 10.2. The second-order valence-electron chi connectivity index (χ2n) is 3.44. The van der Waals surface area contributed by atoms with Gasteiger partial charge >= 0.3 is 5.97 Å². The van der Waals surface area contributed by atoms with Gasteiger partial charge in [0.25, 0.3) is 0 Å². The fraction of sp³-hybridized carbons (Fsp3) is 0.167. The summed E-state index contributed by atoms with van der Waals surface area (Å²) in [6.45, 7) is 3.10. The van der Waals surface area contributed by atoms with Crippen molar-refractivity contribution in [3.8, 4) is 11.5 Å². The Balaban J connectivity index is 2.97. The molecule has 0 bridgehead atoms. The van der Waals surface area contributed by atoms with Gasteiger partial charge < -0.3 is 19.9 Å². The summed E-state index contributed by atoms with van der Waals surface area (Å²) in [6, 6.07) is 2.89. The van der Waals surface area contributed by atoms with Gasteiger partial charge in [0, 0.05) is 12.1 Å². The summed E-state index contributed by atoms with van der Waals surface area (Å²) in [7, 11) is 1.43. The number of hydrogen-bond acceptors (Lipinski definition) is 4. The number of ether oxygens (including phenoxy) is 2. The van der Waals surface area contributed by atoms with Gasteiger partial charge in [0.05, 0.1) is 23.4 Å². The van der Waals surface area contributed by atoms with Crippen molar-refractivity contribution >= 4 is 29.7 Å². The number of benzene rings is 1. The number of carboxylic acids is 1. The molecule has 2 N–H and O–H groups in total. The highest BCUT2D eigenvalue weighted by molar-refractivity contribution is 6.32. The van der Waals surface area contributed by atoms with E-state index in [0.717, 1.165) is 0 Å². The van der Waals surface area contributed by atoms with Crippen LogP contribution in [0.2, 0.25) is 5.02 Å². The lowest BCUT2D eigenvalue weighted by Crippen LogP contribution is -2.10. The van der Waals surface area contributed by atoms with Crippen LogP contribution in [0.4, 0.5) is 5.69 Å². The average molecular weight is 286 g/mol. The highest BCUT2D eigenvalue weighted by atomic mass is 35.5. The molecular weight excluding hydrogens is 274 g/mol. The Kier molecular flexibility index (Phi) is 5.20. The van der Waals surface area contributed by atoms with Crippen LogP contribution >= 0.6 is 11.6 Å². The molecule has 7 heteroatoms. The molecule has 102 valence electrons. The highest BCUT2D eigenvalue weighted by Crippen LogP contribution is 2.35. The second-order valence-corrected chi connectivity index (χ2v) is 3.85. The lowest BCUT2D eigenvalue weighted by Gasteiger charge is -2.13. The molecule has 0 aliphatic carbocycles. The zero-order valence-electron chi connectivity index (χ0n) is 10.1. The normalized spacial score (nSPS) is 9.58. The minimum absolute atomic E-state index is 0.121. The number of nitrogens with one attached hydrogen (secondary N) is 1. The Morgan fingerprint density at radius 3 is 2.74 bits per heavy atom. The van der Waals surface area contributed by atoms with Crippen LogP contribution in [0, 0.1) is 0 Å². The van der Waals surface area contributed by atoms with Gasteiger partial charge in [-0.2, -0.15) is 0 Å². The Morgan fingerprint density at radius 1 is 1.53 bits per heavy atom. The molecule has 0 atom stereocenters. The van der Waals surface area contributed by atoms with E-state index in [1.165, 1.54) is 19.2 Å². The van der Waals surface area contributed by atoms with Crippen molar-refractivity contribution in [3.63, 3.8) is 0 Å². The molecule has 1 aromatic carbocycles. The summed E-state index contributed by atoms with van der Waals surface area (Å²) in [5.41, 5.74) is 0.193. The van der Waals surface area contributed by atoms with Crippen LogP contribution in [0.3, 0.4) is 0 Å². The maximum Gasteiger partial charge on any atom is 0.334 e. The topological polar surface area (TPSA) is 84.9 Å². The number of hydrogen-bond donors (Lipinski definition) is 2. The van der Waals surface area contributed by atoms with Crippen molar-refractivity contribution in [2.24, 2.45) is 0 Å². The fourth-order valence-electron chi connectivity index (χ4n) is 1.21. The Bertz CT molecular complexity index is 515. The summed E-state index contributed by atoms with van der Waals surface area (Å²) >= 11 is 5.92. The number of methoxy groups -OCH3 is 1. The van der Waals surface area contributed by atoms with Crippen LogP contribution < -0.4 is 14.8 Å². The first-order chi connectivity index (χ1) is 8.99. The predicted octanol–water partition coefficient (Wildman–Crippen LogP) is 1.94. The van der Waals surface area contributed by atoms with Crippen LogP contribution in [0.1, 0.15) is 0 Å². The molecular formula is C12H12ClNO5. The van der Waals surface area contributed by atoms with E-state index in [0.29, 0.717) is 17.8 Å². The quantitative estimate of drug-likeness (QED) is 0.591. The molecule has 1 aromatic rings. The van der Waals surface area contributed by atoms with E-state index < -0.39 is 5.97 Å². The van der Waals surface area contributed by atoms with Gasteiger partial charge in [0.1, 0.15) is 18.1 Å².